The number of hydrogen-bond donors (Lipinski definition) is 1. The van der Waals surface area contributed by atoms with Crippen molar-refractivity contribution in [1.82, 2.24) is 20.1 Å². The van der Waals surface area contributed by atoms with Crippen molar-refractivity contribution in [2.45, 2.75) is 23.9 Å². The predicted molar refractivity (Wildman–Crippen MR) is 136 cm³/mol. The Morgan fingerprint density at radius 3 is 2.46 bits per heavy atom. The summed E-state index contributed by atoms with van der Waals surface area (Å²) in [6.07, 6.45) is 0. The van der Waals surface area contributed by atoms with Crippen molar-refractivity contribution >= 4 is 40.9 Å². The Labute approximate surface area is 216 Å². The molecule has 0 aliphatic heterocycles. The lowest BCUT2D eigenvalue weighted by Crippen LogP contribution is -2.28. The maximum absolute atomic E-state index is 13.3. The molecule has 1 atom stereocenters. The third-order valence-electron chi connectivity index (χ3n) is 5.18. The molecule has 1 amide bonds. The number of ether oxygens (including phenoxy) is 1. The SMILES string of the molecule is COc1ccc(C(=O)NC(C)c2nnc(SCc3ccc(F)cc3)n2-c2ccc(Cl)cc2Cl)cc1. The first-order valence-corrected chi connectivity index (χ1v) is 12.3. The van der Waals surface area contributed by atoms with Crippen LogP contribution in [0.4, 0.5) is 4.39 Å². The molecule has 0 aliphatic carbocycles. The molecule has 3 aromatic carbocycles. The molecule has 0 bridgehead atoms. The second-order valence-electron chi connectivity index (χ2n) is 7.61. The number of rotatable bonds is 8. The maximum atomic E-state index is 13.3. The van der Waals surface area contributed by atoms with Gasteiger partial charge in [-0.2, -0.15) is 0 Å². The molecule has 35 heavy (non-hydrogen) atoms. The van der Waals surface area contributed by atoms with Gasteiger partial charge in [0.15, 0.2) is 11.0 Å². The molecule has 1 unspecified atom stereocenters. The summed E-state index contributed by atoms with van der Waals surface area (Å²) in [5.74, 6) is 1.14. The highest BCUT2D eigenvalue weighted by Crippen LogP contribution is 2.32. The largest absolute Gasteiger partial charge is 0.497 e. The van der Waals surface area contributed by atoms with Crippen molar-refractivity contribution in [3.8, 4) is 11.4 Å². The summed E-state index contributed by atoms with van der Waals surface area (Å²) in [6.45, 7) is 1.82. The van der Waals surface area contributed by atoms with Crippen LogP contribution in [0.5, 0.6) is 5.75 Å². The van der Waals surface area contributed by atoms with Gasteiger partial charge in [0.25, 0.3) is 5.91 Å². The number of carbonyl (C=O) groups is 1. The zero-order valence-electron chi connectivity index (χ0n) is 18.8. The van der Waals surface area contributed by atoms with Gasteiger partial charge in [0, 0.05) is 16.3 Å². The van der Waals surface area contributed by atoms with E-state index >= 15 is 0 Å². The van der Waals surface area contributed by atoms with Crippen LogP contribution in [-0.2, 0) is 5.75 Å². The Bertz CT molecular complexity index is 1330. The van der Waals surface area contributed by atoms with Crippen molar-refractivity contribution in [2.75, 3.05) is 7.11 Å². The van der Waals surface area contributed by atoms with E-state index in [0.717, 1.165) is 5.56 Å². The molecule has 0 saturated carbocycles. The second-order valence-corrected chi connectivity index (χ2v) is 9.40. The molecule has 6 nitrogen and oxygen atoms in total. The van der Waals surface area contributed by atoms with Gasteiger partial charge in [-0.05, 0) is 67.1 Å². The summed E-state index contributed by atoms with van der Waals surface area (Å²) in [4.78, 5) is 12.8. The Balaban J connectivity index is 1.63. The van der Waals surface area contributed by atoms with Crippen molar-refractivity contribution in [2.24, 2.45) is 0 Å². The summed E-state index contributed by atoms with van der Waals surface area (Å²) in [6, 6.07) is 17.7. The van der Waals surface area contributed by atoms with Crippen LogP contribution in [-0.4, -0.2) is 27.8 Å². The normalized spacial score (nSPS) is 11.8. The molecule has 0 radical (unpaired) electrons. The van der Waals surface area contributed by atoms with Crippen LogP contribution in [0.25, 0.3) is 5.69 Å². The summed E-state index contributed by atoms with van der Waals surface area (Å²) < 4.78 is 20.2. The lowest BCUT2D eigenvalue weighted by molar-refractivity contribution is 0.0938. The molecule has 1 aromatic heterocycles. The zero-order valence-corrected chi connectivity index (χ0v) is 21.2. The Morgan fingerprint density at radius 1 is 1.09 bits per heavy atom. The predicted octanol–water partition coefficient (Wildman–Crippen LogP) is 6.51. The molecule has 1 N–H and O–H groups in total. The van der Waals surface area contributed by atoms with Crippen LogP contribution in [0, 0.1) is 5.82 Å². The molecular weight excluding hydrogens is 510 g/mol. The Morgan fingerprint density at radius 2 is 1.80 bits per heavy atom. The number of amides is 1. The van der Waals surface area contributed by atoms with Crippen LogP contribution >= 0.6 is 35.0 Å². The minimum atomic E-state index is -0.496. The number of thioether (sulfide) groups is 1. The van der Waals surface area contributed by atoms with Crippen LogP contribution in [0.15, 0.2) is 71.9 Å². The highest BCUT2D eigenvalue weighted by Gasteiger charge is 2.23. The first-order valence-electron chi connectivity index (χ1n) is 10.6. The van der Waals surface area contributed by atoms with Crippen molar-refractivity contribution in [3.05, 3.63) is 99.5 Å². The fourth-order valence-electron chi connectivity index (χ4n) is 3.36. The van der Waals surface area contributed by atoms with Gasteiger partial charge in [0.1, 0.15) is 11.6 Å². The third-order valence-corrected chi connectivity index (χ3v) is 6.72. The van der Waals surface area contributed by atoms with E-state index in [9.17, 15) is 9.18 Å². The molecule has 0 aliphatic rings. The standard InChI is InChI=1S/C25H21Cl2FN4O2S/c1-15(29-24(33)17-5-10-20(34-2)11-6-17)23-30-31-25(35-14-16-3-8-19(28)9-4-16)32(23)22-12-7-18(26)13-21(22)27/h3-13,15H,14H2,1-2H3,(H,29,33). The summed E-state index contributed by atoms with van der Waals surface area (Å²) in [7, 11) is 1.57. The van der Waals surface area contributed by atoms with Crippen molar-refractivity contribution in [3.63, 3.8) is 0 Å². The Kier molecular flexibility index (Phi) is 7.95. The number of aromatic nitrogens is 3. The zero-order chi connectivity index (χ0) is 24.9. The molecular formula is C25H21Cl2FN4O2S. The Hall–Kier alpha value is -3.07. The van der Waals surface area contributed by atoms with E-state index in [4.69, 9.17) is 27.9 Å². The number of nitrogens with one attached hydrogen (secondary N) is 1. The van der Waals surface area contributed by atoms with Gasteiger partial charge in [-0.3, -0.25) is 9.36 Å². The van der Waals surface area contributed by atoms with E-state index in [2.05, 4.69) is 15.5 Å². The van der Waals surface area contributed by atoms with E-state index in [1.807, 2.05) is 6.92 Å². The number of halogens is 3. The summed E-state index contributed by atoms with van der Waals surface area (Å²) in [5.41, 5.74) is 2.04. The molecule has 4 aromatic rings. The topological polar surface area (TPSA) is 69.0 Å². The van der Waals surface area contributed by atoms with E-state index < -0.39 is 6.04 Å². The molecule has 1 heterocycles. The lowest BCUT2D eigenvalue weighted by atomic mass is 10.2. The van der Waals surface area contributed by atoms with E-state index in [1.165, 1.54) is 23.9 Å². The van der Waals surface area contributed by atoms with Gasteiger partial charge >= 0.3 is 0 Å². The first kappa shape index (κ1) is 25.0. The van der Waals surface area contributed by atoms with Gasteiger partial charge in [0.05, 0.1) is 23.9 Å². The van der Waals surface area contributed by atoms with Gasteiger partial charge in [-0.15, -0.1) is 10.2 Å². The number of carbonyl (C=O) groups excluding carboxylic acids is 1. The smallest absolute Gasteiger partial charge is 0.251 e. The van der Waals surface area contributed by atoms with Gasteiger partial charge in [-0.1, -0.05) is 47.1 Å². The van der Waals surface area contributed by atoms with Crippen LogP contribution in [0.2, 0.25) is 10.0 Å². The quantitative estimate of drug-likeness (QED) is 0.263. The van der Waals surface area contributed by atoms with Gasteiger partial charge in [-0.25, -0.2) is 4.39 Å². The fourth-order valence-corrected chi connectivity index (χ4v) is 4.76. The molecule has 0 saturated heterocycles. The fraction of sp³-hybridized carbons (Fsp3) is 0.160. The van der Waals surface area contributed by atoms with Gasteiger partial charge < -0.3 is 10.1 Å². The molecule has 0 fully saturated rings. The summed E-state index contributed by atoms with van der Waals surface area (Å²) >= 11 is 14.0. The highest BCUT2D eigenvalue weighted by atomic mass is 35.5. The van der Waals surface area contributed by atoms with Gasteiger partial charge in [0.2, 0.25) is 0 Å². The monoisotopic (exact) mass is 530 g/mol. The minimum absolute atomic E-state index is 0.266. The number of nitrogens with zero attached hydrogens (tertiary/aromatic N) is 3. The van der Waals surface area contributed by atoms with Crippen LogP contribution < -0.4 is 10.1 Å². The average molecular weight is 531 g/mol. The lowest BCUT2D eigenvalue weighted by Gasteiger charge is -2.17. The van der Waals surface area contributed by atoms with Crippen molar-refractivity contribution < 1.29 is 13.9 Å². The molecule has 10 heteroatoms. The average Bonchev–Trinajstić information content (AvgIpc) is 3.27. The number of hydrogen-bond acceptors (Lipinski definition) is 5. The van der Waals surface area contributed by atoms with E-state index in [1.54, 1.807) is 66.3 Å². The minimum Gasteiger partial charge on any atom is -0.497 e. The number of benzene rings is 3. The molecule has 0 spiro atoms. The summed E-state index contributed by atoms with van der Waals surface area (Å²) in [5, 5.41) is 13.2. The van der Waals surface area contributed by atoms with E-state index in [-0.39, 0.29) is 11.7 Å². The second kappa shape index (κ2) is 11.1. The van der Waals surface area contributed by atoms with Crippen LogP contribution in [0.3, 0.4) is 0 Å². The maximum Gasteiger partial charge on any atom is 0.251 e. The highest BCUT2D eigenvalue weighted by molar-refractivity contribution is 7.98. The van der Waals surface area contributed by atoms with Crippen LogP contribution in [0.1, 0.15) is 34.7 Å². The molecule has 4 rings (SSSR count). The third kappa shape index (κ3) is 5.96. The van der Waals surface area contributed by atoms with E-state index in [0.29, 0.717) is 43.8 Å². The number of methoxy groups -OCH3 is 1. The molecule has 180 valence electrons. The first-order chi connectivity index (χ1) is 16.9. The van der Waals surface area contributed by atoms with Crippen molar-refractivity contribution in [1.29, 1.82) is 0 Å².